The first kappa shape index (κ1) is 35.1. The molecule has 9 heteroatoms. The number of ether oxygens (including phenoxy) is 2. The molecule has 0 amide bonds. The molecule has 0 heterocycles. The molecule has 8 nitrogen and oxygen atoms in total. The Morgan fingerprint density at radius 3 is 1.61 bits per heavy atom. The molecule has 0 aliphatic heterocycles. The van der Waals surface area contributed by atoms with Gasteiger partial charge in [-0.2, -0.15) is 0 Å². The number of aldehydes is 1. The fourth-order valence-electron chi connectivity index (χ4n) is 1.60. The maximum atomic E-state index is 11.2. The molecule has 0 N–H and O–H groups in total. The lowest BCUT2D eigenvalue weighted by atomic mass is 10.2. The monoisotopic (exact) mass is 486 g/mol. The van der Waals surface area contributed by atoms with Gasteiger partial charge in [0.05, 0.1) is 14.2 Å². The molecule has 33 heavy (non-hydrogen) atoms. The average Bonchev–Trinajstić information content (AvgIpc) is 2.83. The van der Waals surface area contributed by atoms with E-state index in [0.29, 0.717) is 6.42 Å². The zero-order valence-electron chi connectivity index (χ0n) is 20.6. The molecule has 0 aromatic carbocycles. The minimum Gasteiger partial charge on any atom is -0.469 e. The molecule has 0 aliphatic carbocycles. The highest BCUT2D eigenvalue weighted by Crippen LogP contribution is 2.45. The third kappa shape index (κ3) is 29.5. The summed E-state index contributed by atoms with van der Waals surface area (Å²) in [5.41, 5.74) is 0. The number of hydrogen-bond acceptors (Lipinski definition) is 8. The van der Waals surface area contributed by atoms with Crippen LogP contribution in [0, 0.1) is 0 Å². The van der Waals surface area contributed by atoms with Crippen LogP contribution in [0.3, 0.4) is 0 Å². The van der Waals surface area contributed by atoms with Crippen LogP contribution in [0.2, 0.25) is 0 Å². The Morgan fingerprint density at radius 1 is 0.727 bits per heavy atom. The van der Waals surface area contributed by atoms with Crippen molar-refractivity contribution in [1.29, 1.82) is 0 Å². The van der Waals surface area contributed by atoms with E-state index in [0.717, 1.165) is 25.5 Å². The fourth-order valence-corrected chi connectivity index (χ4v) is 2.46. The van der Waals surface area contributed by atoms with Gasteiger partial charge in [0.2, 0.25) is 0 Å². The summed E-state index contributed by atoms with van der Waals surface area (Å²) >= 11 is 0. The van der Waals surface area contributed by atoms with E-state index in [4.69, 9.17) is 0 Å². The molecular weight excluding hydrogens is 447 g/mol. The van der Waals surface area contributed by atoms with Crippen LogP contribution in [-0.2, 0) is 37.5 Å². The second-order valence-electron chi connectivity index (χ2n) is 5.87. The number of esters is 2. The van der Waals surface area contributed by atoms with E-state index in [1.165, 1.54) is 34.5 Å². The Bertz CT molecular complexity index is 683. The van der Waals surface area contributed by atoms with Crippen molar-refractivity contribution in [3.63, 3.8) is 0 Å². The summed E-state index contributed by atoms with van der Waals surface area (Å²) in [6.07, 6.45) is 23.0. The third-order valence-corrected chi connectivity index (χ3v) is 5.15. The standard InChI is InChI=1S/C11H16O2.C8H12O.C5H11O5P/c1-3-4-5-6-7-8-9-10-11(12)13-2;1-2-3-4-5-6-7-8-9;1-8-5(6)4-11(7,9-2)10-3/h3-6,9-10H,7-8H2,1-2H3;2-5,8H,6-7H2,1H3;4H2,1-3H3/b4-3+,6-5-,10-9+;3-2+,5-4-;. The van der Waals surface area contributed by atoms with Gasteiger partial charge in [-0.1, -0.05) is 54.7 Å². The van der Waals surface area contributed by atoms with Crippen LogP contribution >= 0.6 is 7.60 Å². The van der Waals surface area contributed by atoms with Crippen LogP contribution in [0.15, 0.2) is 60.8 Å². The lowest BCUT2D eigenvalue weighted by Crippen LogP contribution is -2.08. The Labute approximate surface area is 198 Å². The molecule has 0 aliphatic rings. The highest BCUT2D eigenvalue weighted by atomic mass is 31.2. The molecule has 0 saturated carbocycles. The highest BCUT2D eigenvalue weighted by Gasteiger charge is 2.25. The minimum atomic E-state index is -3.23. The average molecular weight is 487 g/mol. The number of unbranched alkanes of at least 4 members (excludes halogenated alkanes) is 2. The van der Waals surface area contributed by atoms with Crippen molar-refractivity contribution in [2.45, 2.75) is 39.5 Å². The number of allylic oxidation sites excluding steroid dienone is 9. The SMILES string of the molecule is C/C=C/C=C\CC/C=C/C(=O)OC.C/C=C/C=C\CCC=O.COC(=O)CP(=O)(OC)OC. The lowest BCUT2D eigenvalue weighted by molar-refractivity contribution is -0.138. The Hall–Kier alpha value is -2.54. The largest absolute Gasteiger partial charge is 0.469 e. The summed E-state index contributed by atoms with van der Waals surface area (Å²) in [5.74, 6) is -0.908. The topological polar surface area (TPSA) is 105 Å². The zero-order valence-corrected chi connectivity index (χ0v) is 21.5. The quantitative estimate of drug-likeness (QED) is 0.0854. The van der Waals surface area contributed by atoms with Crippen LogP contribution in [0.4, 0.5) is 0 Å². The first-order chi connectivity index (χ1) is 15.8. The molecular formula is C24H39O8P. The van der Waals surface area contributed by atoms with Gasteiger partial charge in [-0.3, -0.25) is 9.36 Å². The summed E-state index contributed by atoms with van der Waals surface area (Å²) in [6.45, 7) is 3.94. The van der Waals surface area contributed by atoms with Crippen molar-refractivity contribution in [3.05, 3.63) is 60.8 Å². The van der Waals surface area contributed by atoms with Gasteiger partial charge < -0.3 is 23.3 Å². The molecule has 0 bridgehead atoms. The van der Waals surface area contributed by atoms with Gasteiger partial charge in [0, 0.05) is 26.7 Å². The van der Waals surface area contributed by atoms with E-state index in [2.05, 4.69) is 24.6 Å². The van der Waals surface area contributed by atoms with Gasteiger partial charge in [0.1, 0.15) is 12.4 Å². The molecule has 0 spiro atoms. The summed E-state index contributed by atoms with van der Waals surface area (Å²) in [4.78, 5) is 31.0. The van der Waals surface area contributed by atoms with Crippen molar-refractivity contribution < 1.29 is 37.5 Å². The second kappa shape index (κ2) is 27.5. The van der Waals surface area contributed by atoms with Gasteiger partial charge in [-0.15, -0.1) is 0 Å². The van der Waals surface area contributed by atoms with Crippen molar-refractivity contribution >= 4 is 25.8 Å². The zero-order chi connectivity index (χ0) is 25.8. The van der Waals surface area contributed by atoms with E-state index in [1.807, 2.05) is 62.5 Å². The third-order valence-electron chi connectivity index (χ3n) is 3.39. The summed E-state index contributed by atoms with van der Waals surface area (Å²) < 4.78 is 28.9. The molecule has 0 atom stereocenters. The van der Waals surface area contributed by atoms with Gasteiger partial charge in [-0.05, 0) is 33.1 Å². The molecule has 0 saturated heterocycles. The number of carbonyl (C=O) groups excluding carboxylic acids is 3. The number of methoxy groups -OCH3 is 2. The number of rotatable bonds is 13. The van der Waals surface area contributed by atoms with E-state index < -0.39 is 13.6 Å². The number of hydrogen-bond donors (Lipinski definition) is 0. The van der Waals surface area contributed by atoms with Crippen LogP contribution in [0.25, 0.3) is 0 Å². The van der Waals surface area contributed by atoms with E-state index in [1.54, 1.807) is 0 Å². The predicted molar refractivity (Wildman–Crippen MR) is 132 cm³/mol. The van der Waals surface area contributed by atoms with Crippen LogP contribution in [0.5, 0.6) is 0 Å². The molecule has 0 fully saturated rings. The molecule has 0 aromatic rings. The Balaban J connectivity index is -0.000000416. The van der Waals surface area contributed by atoms with E-state index >= 15 is 0 Å². The smallest absolute Gasteiger partial charge is 0.341 e. The summed E-state index contributed by atoms with van der Waals surface area (Å²) in [7, 11) is 1.78. The fraction of sp³-hybridized carbons (Fsp3) is 0.458. The predicted octanol–water partition coefficient (Wildman–Crippen LogP) is 5.37. The maximum Gasteiger partial charge on any atom is 0.341 e. The summed E-state index contributed by atoms with van der Waals surface area (Å²) in [6, 6.07) is 0. The maximum absolute atomic E-state index is 11.2. The molecule has 0 rings (SSSR count). The van der Waals surface area contributed by atoms with Gasteiger partial charge in [-0.25, -0.2) is 4.79 Å². The van der Waals surface area contributed by atoms with Crippen molar-refractivity contribution in [1.82, 2.24) is 0 Å². The lowest BCUT2D eigenvalue weighted by Gasteiger charge is -2.10. The van der Waals surface area contributed by atoms with Crippen molar-refractivity contribution in [3.8, 4) is 0 Å². The van der Waals surface area contributed by atoms with Crippen molar-refractivity contribution in [2.75, 3.05) is 34.6 Å². The molecule has 188 valence electrons. The van der Waals surface area contributed by atoms with Crippen LogP contribution < -0.4 is 0 Å². The van der Waals surface area contributed by atoms with E-state index in [-0.39, 0.29) is 12.1 Å². The van der Waals surface area contributed by atoms with Gasteiger partial charge >= 0.3 is 19.5 Å². The van der Waals surface area contributed by atoms with Crippen LogP contribution in [0.1, 0.15) is 39.5 Å². The second-order valence-corrected chi connectivity index (χ2v) is 8.13. The highest BCUT2D eigenvalue weighted by molar-refractivity contribution is 7.54. The minimum absolute atomic E-state index is 0.294. The normalized spacial score (nSPS) is 11.5. The Kier molecular flexibility index (Phi) is 29.2. The molecule has 0 aromatic heterocycles. The molecule has 0 radical (unpaired) electrons. The van der Waals surface area contributed by atoms with Crippen molar-refractivity contribution in [2.24, 2.45) is 0 Å². The van der Waals surface area contributed by atoms with Crippen LogP contribution in [-0.4, -0.2) is 52.8 Å². The van der Waals surface area contributed by atoms with Gasteiger partial charge in [0.15, 0.2) is 0 Å². The first-order valence-electron chi connectivity index (χ1n) is 10.3. The van der Waals surface area contributed by atoms with E-state index in [9.17, 15) is 18.9 Å². The summed E-state index contributed by atoms with van der Waals surface area (Å²) in [5, 5.41) is 0. The number of carbonyl (C=O) groups is 3. The molecule has 0 unspecified atom stereocenters. The Morgan fingerprint density at radius 2 is 1.21 bits per heavy atom. The van der Waals surface area contributed by atoms with Gasteiger partial charge in [0.25, 0.3) is 0 Å². The first-order valence-corrected chi connectivity index (χ1v) is 12.0.